The maximum absolute atomic E-state index is 9.33. The van der Waals surface area contributed by atoms with Crippen LogP contribution in [-0.4, -0.2) is 48.1 Å². The lowest BCUT2D eigenvalue weighted by Gasteiger charge is -2.34. The summed E-state index contributed by atoms with van der Waals surface area (Å²) in [5.74, 6) is 0. The van der Waals surface area contributed by atoms with Gasteiger partial charge in [-0.2, -0.15) is 5.26 Å². The fourth-order valence-electron chi connectivity index (χ4n) is 2.42. The molecule has 0 spiro atoms. The number of piperazine rings is 1. The van der Waals surface area contributed by atoms with Gasteiger partial charge >= 0.3 is 0 Å². The molecule has 1 saturated heterocycles. The second-order valence-electron chi connectivity index (χ2n) is 4.85. The number of fused-ring (bicyclic) bond motifs is 1. The molecule has 1 aromatic carbocycles. The number of nitriles is 1. The van der Waals surface area contributed by atoms with E-state index in [1.54, 1.807) is 6.20 Å². The van der Waals surface area contributed by atoms with E-state index in [4.69, 9.17) is 0 Å². The number of aromatic nitrogens is 2. The van der Waals surface area contributed by atoms with Gasteiger partial charge in [-0.05, 0) is 19.2 Å². The van der Waals surface area contributed by atoms with Crippen LogP contribution in [0.2, 0.25) is 0 Å². The SMILES string of the molecule is CN1CCN(c2cc3cncnc3cc2C#N)CC1. The molecule has 0 aliphatic carbocycles. The van der Waals surface area contributed by atoms with Crippen molar-refractivity contribution in [2.24, 2.45) is 0 Å². The maximum atomic E-state index is 9.33. The minimum absolute atomic E-state index is 0.691. The Bertz CT molecular complexity index is 638. The standard InChI is InChI=1S/C14H15N5/c1-18-2-4-19(5-3-18)14-7-12-9-16-10-17-13(12)6-11(14)8-15/h6-7,9-10H,2-5H2,1H3. The number of nitrogens with zero attached hydrogens (tertiary/aromatic N) is 5. The molecule has 3 rings (SSSR count). The lowest BCUT2D eigenvalue weighted by Crippen LogP contribution is -2.44. The van der Waals surface area contributed by atoms with E-state index in [9.17, 15) is 5.26 Å². The maximum Gasteiger partial charge on any atom is 0.116 e. The Balaban J connectivity index is 2.04. The third kappa shape index (κ3) is 2.23. The van der Waals surface area contributed by atoms with Crippen LogP contribution in [-0.2, 0) is 0 Å². The first-order valence-corrected chi connectivity index (χ1v) is 6.35. The van der Waals surface area contributed by atoms with Crippen LogP contribution in [0.3, 0.4) is 0 Å². The molecule has 1 aliphatic rings. The molecule has 1 fully saturated rings. The second kappa shape index (κ2) is 4.82. The van der Waals surface area contributed by atoms with E-state index in [1.165, 1.54) is 6.33 Å². The van der Waals surface area contributed by atoms with Gasteiger partial charge in [-0.3, -0.25) is 0 Å². The Morgan fingerprint density at radius 1 is 1.21 bits per heavy atom. The van der Waals surface area contributed by atoms with Crippen molar-refractivity contribution in [2.45, 2.75) is 0 Å². The van der Waals surface area contributed by atoms with Crippen LogP contribution in [0.1, 0.15) is 5.56 Å². The molecule has 2 aromatic rings. The molecule has 0 N–H and O–H groups in total. The fraction of sp³-hybridized carbons (Fsp3) is 0.357. The normalized spacial score (nSPS) is 16.5. The highest BCUT2D eigenvalue weighted by Crippen LogP contribution is 2.26. The molecule has 0 saturated carbocycles. The van der Waals surface area contributed by atoms with Crippen molar-refractivity contribution < 1.29 is 0 Å². The molecule has 0 unspecified atom stereocenters. The molecule has 0 bridgehead atoms. The monoisotopic (exact) mass is 253 g/mol. The average molecular weight is 253 g/mol. The third-order valence-electron chi connectivity index (χ3n) is 3.59. The highest BCUT2D eigenvalue weighted by atomic mass is 15.2. The van der Waals surface area contributed by atoms with Crippen molar-refractivity contribution in [1.29, 1.82) is 5.26 Å². The second-order valence-corrected chi connectivity index (χ2v) is 4.85. The summed E-state index contributed by atoms with van der Waals surface area (Å²) in [4.78, 5) is 12.8. The van der Waals surface area contributed by atoms with Crippen LogP contribution in [0, 0.1) is 11.3 Å². The number of anilines is 1. The summed E-state index contributed by atoms with van der Waals surface area (Å²) in [6.45, 7) is 3.94. The first-order valence-electron chi connectivity index (χ1n) is 6.35. The van der Waals surface area contributed by atoms with Gasteiger partial charge in [-0.1, -0.05) is 0 Å². The smallest absolute Gasteiger partial charge is 0.116 e. The van der Waals surface area contributed by atoms with E-state index in [0.717, 1.165) is 42.8 Å². The zero-order chi connectivity index (χ0) is 13.2. The van der Waals surface area contributed by atoms with Crippen LogP contribution in [0.15, 0.2) is 24.7 Å². The number of hydrogen-bond donors (Lipinski definition) is 0. The third-order valence-corrected chi connectivity index (χ3v) is 3.59. The van der Waals surface area contributed by atoms with Crippen LogP contribution in [0.4, 0.5) is 5.69 Å². The van der Waals surface area contributed by atoms with E-state index in [0.29, 0.717) is 5.56 Å². The van der Waals surface area contributed by atoms with E-state index in [-0.39, 0.29) is 0 Å². The van der Waals surface area contributed by atoms with Gasteiger partial charge in [0, 0.05) is 37.8 Å². The molecule has 1 aliphatic heterocycles. The predicted octanol–water partition coefficient (Wildman–Crippen LogP) is 1.25. The summed E-state index contributed by atoms with van der Waals surface area (Å²) in [5, 5.41) is 10.3. The Morgan fingerprint density at radius 3 is 2.74 bits per heavy atom. The molecular weight excluding hydrogens is 238 g/mol. The lowest BCUT2D eigenvalue weighted by molar-refractivity contribution is 0.313. The zero-order valence-electron chi connectivity index (χ0n) is 10.9. The minimum Gasteiger partial charge on any atom is -0.368 e. The van der Waals surface area contributed by atoms with Gasteiger partial charge < -0.3 is 9.80 Å². The molecule has 1 aromatic heterocycles. The van der Waals surface area contributed by atoms with Gasteiger partial charge in [-0.15, -0.1) is 0 Å². The summed E-state index contributed by atoms with van der Waals surface area (Å²) >= 11 is 0. The Morgan fingerprint density at radius 2 is 2.00 bits per heavy atom. The predicted molar refractivity (Wildman–Crippen MR) is 74.0 cm³/mol. The summed E-state index contributed by atoms with van der Waals surface area (Å²) < 4.78 is 0. The summed E-state index contributed by atoms with van der Waals surface area (Å²) in [6, 6.07) is 6.16. The van der Waals surface area contributed by atoms with E-state index in [2.05, 4.69) is 32.9 Å². The molecular formula is C14H15N5. The molecule has 2 heterocycles. The van der Waals surface area contributed by atoms with Gasteiger partial charge in [0.2, 0.25) is 0 Å². The number of likely N-dealkylation sites (N-methyl/N-ethyl adjacent to an activating group) is 1. The molecule has 0 amide bonds. The van der Waals surface area contributed by atoms with Gasteiger partial charge in [0.15, 0.2) is 0 Å². The topological polar surface area (TPSA) is 56.1 Å². The van der Waals surface area contributed by atoms with E-state index in [1.807, 2.05) is 12.1 Å². The van der Waals surface area contributed by atoms with Crippen molar-refractivity contribution in [2.75, 3.05) is 38.1 Å². The number of hydrogen-bond acceptors (Lipinski definition) is 5. The van der Waals surface area contributed by atoms with Crippen LogP contribution < -0.4 is 4.90 Å². The van der Waals surface area contributed by atoms with Crippen LogP contribution >= 0.6 is 0 Å². The molecule has 96 valence electrons. The van der Waals surface area contributed by atoms with Gasteiger partial charge in [0.1, 0.15) is 12.4 Å². The van der Waals surface area contributed by atoms with Crippen molar-refractivity contribution in [3.63, 3.8) is 0 Å². The van der Waals surface area contributed by atoms with Gasteiger partial charge in [-0.25, -0.2) is 9.97 Å². The van der Waals surface area contributed by atoms with Crippen LogP contribution in [0.25, 0.3) is 10.9 Å². The van der Waals surface area contributed by atoms with E-state index < -0.39 is 0 Å². The zero-order valence-corrected chi connectivity index (χ0v) is 10.9. The Hall–Kier alpha value is -2.19. The number of rotatable bonds is 1. The highest BCUT2D eigenvalue weighted by molar-refractivity contribution is 5.85. The van der Waals surface area contributed by atoms with Crippen LogP contribution in [0.5, 0.6) is 0 Å². The summed E-state index contributed by atoms with van der Waals surface area (Å²) in [5.41, 5.74) is 2.51. The first kappa shape index (κ1) is 11.9. The number of benzene rings is 1. The first-order chi connectivity index (χ1) is 9.28. The van der Waals surface area contributed by atoms with Crippen molar-refractivity contribution in [1.82, 2.24) is 14.9 Å². The van der Waals surface area contributed by atoms with E-state index >= 15 is 0 Å². The quantitative estimate of drug-likeness (QED) is 0.765. The Kier molecular flexibility index (Phi) is 3.02. The largest absolute Gasteiger partial charge is 0.368 e. The van der Waals surface area contributed by atoms with Crippen molar-refractivity contribution in [3.05, 3.63) is 30.2 Å². The molecule has 19 heavy (non-hydrogen) atoms. The molecule has 5 nitrogen and oxygen atoms in total. The minimum atomic E-state index is 0.691. The fourth-order valence-corrected chi connectivity index (χ4v) is 2.42. The summed E-state index contributed by atoms with van der Waals surface area (Å²) in [6.07, 6.45) is 3.31. The lowest BCUT2D eigenvalue weighted by atomic mass is 10.1. The molecule has 5 heteroatoms. The van der Waals surface area contributed by atoms with Gasteiger partial charge in [0.05, 0.1) is 16.8 Å². The van der Waals surface area contributed by atoms with Crippen molar-refractivity contribution in [3.8, 4) is 6.07 Å². The molecule has 0 radical (unpaired) electrons. The van der Waals surface area contributed by atoms with Gasteiger partial charge in [0.25, 0.3) is 0 Å². The average Bonchev–Trinajstić information content (AvgIpc) is 2.46. The highest BCUT2D eigenvalue weighted by Gasteiger charge is 2.17. The summed E-state index contributed by atoms with van der Waals surface area (Å²) in [7, 11) is 2.12. The Labute approximate surface area is 112 Å². The molecule has 0 atom stereocenters. The van der Waals surface area contributed by atoms with Crippen molar-refractivity contribution >= 4 is 16.6 Å².